The predicted molar refractivity (Wildman–Crippen MR) is 66.7 cm³/mol. The van der Waals surface area contributed by atoms with Crippen molar-refractivity contribution in [2.75, 3.05) is 0 Å². The van der Waals surface area contributed by atoms with Crippen molar-refractivity contribution >= 4 is 5.97 Å². The second-order valence-electron chi connectivity index (χ2n) is 4.45. The van der Waals surface area contributed by atoms with Gasteiger partial charge in [0.25, 0.3) is 0 Å². The molecule has 0 bridgehead atoms. The van der Waals surface area contributed by atoms with Gasteiger partial charge in [0.2, 0.25) is 0 Å². The van der Waals surface area contributed by atoms with Crippen molar-refractivity contribution in [3.63, 3.8) is 0 Å². The summed E-state index contributed by atoms with van der Waals surface area (Å²) >= 11 is 0. The molecule has 0 amide bonds. The fourth-order valence-corrected chi connectivity index (χ4v) is 1.88. The van der Waals surface area contributed by atoms with E-state index < -0.39 is 0 Å². The highest BCUT2D eigenvalue weighted by Gasteiger charge is 2.04. The van der Waals surface area contributed by atoms with Gasteiger partial charge in [-0.25, -0.2) is 0 Å². The molecule has 1 unspecified atom stereocenters. The van der Waals surface area contributed by atoms with Crippen LogP contribution in [0.2, 0.25) is 0 Å². The number of ether oxygens (including phenoxy) is 1. The average Bonchev–Trinajstić information content (AvgIpc) is 2.75. The van der Waals surface area contributed by atoms with Gasteiger partial charge in [0, 0.05) is 13.3 Å². The Balaban J connectivity index is 1.92. The van der Waals surface area contributed by atoms with Crippen LogP contribution in [0.15, 0.2) is 22.8 Å². The first-order valence-corrected chi connectivity index (χ1v) is 6.38. The van der Waals surface area contributed by atoms with Gasteiger partial charge in [-0.1, -0.05) is 12.8 Å². The Morgan fingerprint density at radius 1 is 1.35 bits per heavy atom. The van der Waals surface area contributed by atoms with Crippen LogP contribution in [0.1, 0.15) is 51.7 Å². The van der Waals surface area contributed by atoms with Gasteiger partial charge >= 0.3 is 5.97 Å². The third-order valence-corrected chi connectivity index (χ3v) is 2.73. The normalized spacial score (nSPS) is 12.4. The van der Waals surface area contributed by atoms with Gasteiger partial charge in [0.05, 0.1) is 12.4 Å². The molecule has 0 fully saturated rings. The zero-order valence-electron chi connectivity index (χ0n) is 10.8. The topological polar surface area (TPSA) is 39.4 Å². The Labute approximate surface area is 103 Å². The summed E-state index contributed by atoms with van der Waals surface area (Å²) in [7, 11) is 0. The molecule has 96 valence electrons. The molecule has 1 atom stereocenters. The molecule has 0 aliphatic rings. The van der Waals surface area contributed by atoms with E-state index in [4.69, 9.17) is 9.15 Å². The number of carbonyl (C=O) groups excluding carboxylic acids is 1. The van der Waals surface area contributed by atoms with Crippen molar-refractivity contribution in [1.29, 1.82) is 0 Å². The van der Waals surface area contributed by atoms with Crippen molar-refractivity contribution in [3.8, 4) is 0 Å². The molecule has 1 heterocycles. The zero-order valence-corrected chi connectivity index (χ0v) is 10.8. The lowest BCUT2D eigenvalue weighted by molar-refractivity contribution is -0.145. The van der Waals surface area contributed by atoms with Gasteiger partial charge in [0.1, 0.15) is 5.76 Å². The second-order valence-corrected chi connectivity index (χ2v) is 4.45. The number of hydrogen-bond donors (Lipinski definition) is 0. The van der Waals surface area contributed by atoms with Gasteiger partial charge < -0.3 is 9.15 Å². The lowest BCUT2D eigenvalue weighted by Gasteiger charge is -2.10. The van der Waals surface area contributed by atoms with E-state index in [9.17, 15) is 4.79 Å². The fraction of sp³-hybridized carbons (Fsp3) is 0.643. The van der Waals surface area contributed by atoms with Gasteiger partial charge in [-0.3, -0.25) is 4.79 Å². The molecule has 0 spiro atoms. The van der Waals surface area contributed by atoms with Crippen LogP contribution in [0.5, 0.6) is 0 Å². The summed E-state index contributed by atoms with van der Waals surface area (Å²) < 4.78 is 10.3. The van der Waals surface area contributed by atoms with Crippen molar-refractivity contribution in [1.82, 2.24) is 0 Å². The van der Waals surface area contributed by atoms with E-state index in [1.165, 1.54) is 19.8 Å². The molecule has 17 heavy (non-hydrogen) atoms. The van der Waals surface area contributed by atoms with Crippen LogP contribution in [0, 0.1) is 0 Å². The summed E-state index contributed by atoms with van der Waals surface area (Å²) in [6.07, 6.45) is 8.42. The molecular formula is C14H22O3. The third kappa shape index (κ3) is 6.82. The molecule has 3 nitrogen and oxygen atoms in total. The Hall–Kier alpha value is -1.25. The van der Waals surface area contributed by atoms with Crippen LogP contribution in [-0.4, -0.2) is 12.1 Å². The minimum Gasteiger partial charge on any atom is -0.469 e. The first-order chi connectivity index (χ1) is 8.18. The molecule has 0 aliphatic carbocycles. The lowest BCUT2D eigenvalue weighted by Crippen LogP contribution is -2.11. The number of hydrogen-bond acceptors (Lipinski definition) is 3. The van der Waals surface area contributed by atoms with E-state index in [1.807, 2.05) is 19.1 Å². The van der Waals surface area contributed by atoms with Gasteiger partial charge in [-0.2, -0.15) is 0 Å². The summed E-state index contributed by atoms with van der Waals surface area (Å²) in [4.78, 5) is 10.7. The van der Waals surface area contributed by atoms with E-state index in [2.05, 4.69) is 0 Å². The van der Waals surface area contributed by atoms with E-state index in [0.29, 0.717) is 0 Å². The maximum absolute atomic E-state index is 10.7. The van der Waals surface area contributed by atoms with Gasteiger partial charge in [-0.05, 0) is 38.3 Å². The summed E-state index contributed by atoms with van der Waals surface area (Å²) in [6, 6.07) is 3.94. The van der Waals surface area contributed by atoms with Gasteiger partial charge in [0.15, 0.2) is 0 Å². The van der Waals surface area contributed by atoms with Crippen LogP contribution in [-0.2, 0) is 16.0 Å². The maximum atomic E-state index is 10.7. The van der Waals surface area contributed by atoms with Crippen molar-refractivity contribution in [3.05, 3.63) is 24.2 Å². The molecular weight excluding hydrogens is 216 g/mol. The highest BCUT2D eigenvalue weighted by atomic mass is 16.5. The summed E-state index contributed by atoms with van der Waals surface area (Å²) in [5, 5.41) is 0. The molecule has 0 aromatic carbocycles. The van der Waals surface area contributed by atoms with Crippen LogP contribution >= 0.6 is 0 Å². The quantitative estimate of drug-likeness (QED) is 0.512. The van der Waals surface area contributed by atoms with Crippen LogP contribution in [0.3, 0.4) is 0 Å². The van der Waals surface area contributed by atoms with Crippen molar-refractivity contribution in [2.45, 2.75) is 58.5 Å². The molecule has 0 aliphatic heterocycles. The Kier molecular flexibility index (Phi) is 6.45. The Bertz CT molecular complexity index is 303. The summed E-state index contributed by atoms with van der Waals surface area (Å²) in [5.41, 5.74) is 0. The number of rotatable bonds is 8. The Morgan fingerprint density at radius 2 is 2.12 bits per heavy atom. The summed E-state index contributed by atoms with van der Waals surface area (Å²) in [6.45, 7) is 3.41. The highest BCUT2D eigenvalue weighted by molar-refractivity contribution is 5.66. The third-order valence-electron chi connectivity index (χ3n) is 2.73. The van der Waals surface area contributed by atoms with E-state index in [1.54, 1.807) is 6.26 Å². The standard InChI is InChI=1S/C14H22O3/c1-12(17-13(2)15)8-5-3-4-6-9-14-10-7-11-16-14/h7,10-12H,3-6,8-9H2,1-2H3. The minimum atomic E-state index is -0.185. The molecule has 1 rings (SSSR count). The second kappa shape index (κ2) is 7.93. The highest BCUT2D eigenvalue weighted by Crippen LogP contribution is 2.11. The molecule has 0 N–H and O–H groups in total. The Morgan fingerprint density at radius 3 is 2.76 bits per heavy atom. The molecule has 3 heteroatoms. The smallest absolute Gasteiger partial charge is 0.302 e. The largest absolute Gasteiger partial charge is 0.469 e. The SMILES string of the molecule is CC(=O)OC(C)CCCCCCc1ccco1. The zero-order chi connectivity index (χ0) is 12.5. The number of aryl methyl sites for hydroxylation is 1. The van der Waals surface area contributed by atoms with E-state index in [0.717, 1.165) is 31.4 Å². The lowest BCUT2D eigenvalue weighted by atomic mass is 10.1. The average molecular weight is 238 g/mol. The molecule has 1 aromatic heterocycles. The number of esters is 1. The number of carbonyl (C=O) groups is 1. The maximum Gasteiger partial charge on any atom is 0.302 e. The number of furan rings is 1. The minimum absolute atomic E-state index is 0.0533. The van der Waals surface area contributed by atoms with Crippen LogP contribution in [0.25, 0.3) is 0 Å². The monoisotopic (exact) mass is 238 g/mol. The van der Waals surface area contributed by atoms with Crippen LogP contribution in [0.4, 0.5) is 0 Å². The number of unbranched alkanes of at least 4 members (excludes halogenated alkanes) is 3. The van der Waals surface area contributed by atoms with Crippen LogP contribution < -0.4 is 0 Å². The molecule has 1 aromatic rings. The molecule has 0 saturated carbocycles. The molecule has 0 radical (unpaired) electrons. The van der Waals surface area contributed by atoms with Crippen molar-refractivity contribution < 1.29 is 13.9 Å². The predicted octanol–water partition coefficient (Wildman–Crippen LogP) is 3.72. The first-order valence-electron chi connectivity index (χ1n) is 6.38. The summed E-state index contributed by atoms with van der Waals surface area (Å²) in [5.74, 6) is 0.883. The molecule has 0 saturated heterocycles. The first kappa shape index (κ1) is 13.8. The van der Waals surface area contributed by atoms with Crippen molar-refractivity contribution in [2.24, 2.45) is 0 Å². The van der Waals surface area contributed by atoms with E-state index in [-0.39, 0.29) is 12.1 Å². The van der Waals surface area contributed by atoms with Gasteiger partial charge in [-0.15, -0.1) is 0 Å². The van der Waals surface area contributed by atoms with E-state index >= 15 is 0 Å². The fourth-order valence-electron chi connectivity index (χ4n) is 1.88.